The summed E-state index contributed by atoms with van der Waals surface area (Å²) in [4.78, 5) is 13.8. The van der Waals surface area contributed by atoms with Gasteiger partial charge in [-0.05, 0) is 6.08 Å². The van der Waals surface area contributed by atoms with Gasteiger partial charge < -0.3 is 0 Å². The first-order valence-electron chi connectivity index (χ1n) is 2.30. The topological polar surface area (TPSA) is 29.4 Å². The van der Waals surface area contributed by atoms with Crippen LogP contribution in [0.3, 0.4) is 0 Å². The third-order valence-corrected chi connectivity index (χ3v) is 1.76. The van der Waals surface area contributed by atoms with Gasteiger partial charge in [0.15, 0.2) is 0 Å². The SMILES string of the molecule is O=C1N=C(Cl)C=CC1Br. The van der Waals surface area contributed by atoms with Crippen molar-refractivity contribution in [1.82, 2.24) is 0 Å². The zero-order valence-corrected chi connectivity index (χ0v) is 6.69. The summed E-state index contributed by atoms with van der Waals surface area (Å²) >= 11 is 8.48. The van der Waals surface area contributed by atoms with Gasteiger partial charge in [0.2, 0.25) is 0 Å². The van der Waals surface area contributed by atoms with Gasteiger partial charge in [-0.1, -0.05) is 33.6 Å². The van der Waals surface area contributed by atoms with Gasteiger partial charge in [0, 0.05) is 0 Å². The Kier molecular flexibility index (Phi) is 2.03. The summed E-state index contributed by atoms with van der Waals surface area (Å²) in [6.45, 7) is 0. The molecule has 0 bridgehead atoms. The second-order valence-corrected chi connectivity index (χ2v) is 2.91. The Hall–Kier alpha value is -0.150. The van der Waals surface area contributed by atoms with Gasteiger partial charge in [-0.3, -0.25) is 4.79 Å². The van der Waals surface area contributed by atoms with Crippen LogP contribution >= 0.6 is 27.5 Å². The van der Waals surface area contributed by atoms with E-state index in [0.29, 0.717) is 0 Å². The van der Waals surface area contributed by atoms with E-state index in [9.17, 15) is 4.79 Å². The minimum atomic E-state index is -0.292. The van der Waals surface area contributed by atoms with Crippen molar-refractivity contribution < 1.29 is 4.79 Å². The second-order valence-electron chi connectivity index (χ2n) is 1.53. The third-order valence-electron chi connectivity index (χ3n) is 0.856. The molecule has 1 aliphatic heterocycles. The number of halogens is 2. The van der Waals surface area contributed by atoms with Crippen LogP contribution in [0.4, 0.5) is 0 Å². The molecule has 0 N–H and O–H groups in total. The molecule has 0 aromatic carbocycles. The lowest BCUT2D eigenvalue weighted by atomic mass is 10.3. The second kappa shape index (κ2) is 2.62. The van der Waals surface area contributed by atoms with Gasteiger partial charge in [-0.15, -0.1) is 0 Å². The van der Waals surface area contributed by atoms with E-state index in [4.69, 9.17) is 11.6 Å². The maximum absolute atomic E-state index is 10.6. The van der Waals surface area contributed by atoms with E-state index in [-0.39, 0.29) is 15.9 Å². The minimum absolute atomic E-state index is 0.246. The Balaban J connectivity index is 2.82. The van der Waals surface area contributed by atoms with Crippen LogP contribution in [0.15, 0.2) is 17.1 Å². The van der Waals surface area contributed by atoms with Gasteiger partial charge in [0.25, 0.3) is 5.91 Å². The predicted octanol–water partition coefficient (Wildman–Crippen LogP) is 1.48. The number of aliphatic imine (C=N–C) groups is 1. The van der Waals surface area contributed by atoms with Gasteiger partial charge in [-0.2, -0.15) is 0 Å². The highest BCUT2D eigenvalue weighted by molar-refractivity contribution is 9.10. The van der Waals surface area contributed by atoms with Gasteiger partial charge >= 0.3 is 0 Å². The molecule has 0 aromatic heterocycles. The predicted molar refractivity (Wildman–Crippen MR) is 40.2 cm³/mol. The number of hydrogen-bond acceptors (Lipinski definition) is 1. The number of nitrogens with zero attached hydrogens (tertiary/aromatic N) is 1. The molecule has 1 amide bonds. The van der Waals surface area contributed by atoms with Crippen molar-refractivity contribution in [3.05, 3.63) is 12.2 Å². The quantitative estimate of drug-likeness (QED) is 0.555. The van der Waals surface area contributed by atoms with Crippen molar-refractivity contribution in [3.8, 4) is 0 Å². The van der Waals surface area contributed by atoms with Crippen LogP contribution in [0.25, 0.3) is 0 Å². The lowest BCUT2D eigenvalue weighted by molar-refractivity contribution is -0.116. The van der Waals surface area contributed by atoms with Crippen molar-refractivity contribution in [2.45, 2.75) is 4.83 Å². The number of alkyl halides is 1. The van der Waals surface area contributed by atoms with Crippen LogP contribution in [0.2, 0.25) is 0 Å². The fourth-order valence-corrected chi connectivity index (χ4v) is 0.861. The molecule has 0 saturated carbocycles. The standard InChI is InChI=1S/C5H3BrClNO/c6-3-1-2-4(7)8-5(3)9/h1-3H. The van der Waals surface area contributed by atoms with E-state index in [2.05, 4.69) is 20.9 Å². The lowest BCUT2D eigenvalue weighted by Gasteiger charge is -2.01. The summed E-state index contributed by atoms with van der Waals surface area (Å²) in [6, 6.07) is 0. The monoisotopic (exact) mass is 207 g/mol. The van der Waals surface area contributed by atoms with Crippen molar-refractivity contribution in [2.75, 3.05) is 0 Å². The molecule has 0 radical (unpaired) electrons. The summed E-state index contributed by atoms with van der Waals surface area (Å²) in [5, 5.41) is 0.246. The van der Waals surface area contributed by atoms with Crippen LogP contribution in [-0.4, -0.2) is 15.9 Å². The minimum Gasteiger partial charge on any atom is -0.271 e. The van der Waals surface area contributed by atoms with Crippen LogP contribution < -0.4 is 0 Å². The summed E-state index contributed by atoms with van der Waals surface area (Å²) in [7, 11) is 0. The molecular formula is C5H3BrClNO. The first kappa shape index (κ1) is 6.96. The molecule has 2 nitrogen and oxygen atoms in total. The Labute approximate surface area is 65.7 Å². The summed E-state index contributed by atoms with van der Waals surface area (Å²) in [6.07, 6.45) is 3.24. The molecule has 0 fully saturated rings. The smallest absolute Gasteiger partial charge is 0.264 e. The van der Waals surface area contributed by atoms with E-state index in [1.165, 1.54) is 0 Å². The van der Waals surface area contributed by atoms with E-state index in [0.717, 1.165) is 0 Å². The number of rotatable bonds is 0. The first-order chi connectivity index (χ1) is 4.20. The Morgan fingerprint density at radius 2 is 2.44 bits per heavy atom. The zero-order chi connectivity index (χ0) is 6.85. The molecule has 1 rings (SSSR count). The lowest BCUT2D eigenvalue weighted by Crippen LogP contribution is -2.13. The zero-order valence-electron chi connectivity index (χ0n) is 4.34. The van der Waals surface area contributed by atoms with E-state index >= 15 is 0 Å². The number of dihydropyridines is 1. The molecule has 0 aromatic rings. The highest BCUT2D eigenvalue weighted by Gasteiger charge is 2.13. The van der Waals surface area contributed by atoms with Gasteiger partial charge in [-0.25, -0.2) is 4.99 Å². The highest BCUT2D eigenvalue weighted by atomic mass is 79.9. The van der Waals surface area contributed by atoms with Gasteiger partial charge in [0.1, 0.15) is 10.00 Å². The maximum atomic E-state index is 10.6. The van der Waals surface area contributed by atoms with Crippen molar-refractivity contribution in [3.63, 3.8) is 0 Å². The largest absolute Gasteiger partial charge is 0.271 e. The van der Waals surface area contributed by atoms with Crippen LogP contribution in [0.5, 0.6) is 0 Å². The normalized spacial score (nSPS) is 26.2. The molecule has 1 atom stereocenters. The Morgan fingerprint density at radius 3 is 2.89 bits per heavy atom. The fraction of sp³-hybridized carbons (Fsp3) is 0.200. The number of hydrogen-bond donors (Lipinski definition) is 0. The number of carbonyl (C=O) groups is 1. The Bertz CT molecular complexity index is 199. The molecule has 9 heavy (non-hydrogen) atoms. The molecule has 1 unspecified atom stereocenters. The van der Waals surface area contributed by atoms with Crippen LogP contribution in [-0.2, 0) is 4.79 Å². The van der Waals surface area contributed by atoms with E-state index in [1.54, 1.807) is 12.2 Å². The number of carbonyl (C=O) groups excluding carboxylic acids is 1. The van der Waals surface area contributed by atoms with Crippen molar-refractivity contribution in [2.24, 2.45) is 4.99 Å². The molecule has 48 valence electrons. The van der Waals surface area contributed by atoms with E-state index < -0.39 is 0 Å². The molecule has 1 heterocycles. The van der Waals surface area contributed by atoms with Crippen molar-refractivity contribution in [1.29, 1.82) is 0 Å². The molecular weight excluding hydrogens is 205 g/mol. The molecule has 4 heteroatoms. The number of allylic oxidation sites excluding steroid dienone is 1. The average molecular weight is 208 g/mol. The van der Waals surface area contributed by atoms with Crippen LogP contribution in [0, 0.1) is 0 Å². The van der Waals surface area contributed by atoms with Crippen LogP contribution in [0.1, 0.15) is 0 Å². The third kappa shape index (κ3) is 1.63. The summed E-state index contributed by atoms with van der Waals surface area (Å²) in [5.41, 5.74) is 0. The summed E-state index contributed by atoms with van der Waals surface area (Å²) in [5.74, 6) is -0.248. The molecule has 0 spiro atoms. The highest BCUT2D eigenvalue weighted by Crippen LogP contribution is 2.10. The van der Waals surface area contributed by atoms with Gasteiger partial charge in [0.05, 0.1) is 0 Å². The molecule has 0 aliphatic carbocycles. The average Bonchev–Trinajstić information content (AvgIpc) is 1.80. The van der Waals surface area contributed by atoms with E-state index in [1.807, 2.05) is 0 Å². The van der Waals surface area contributed by atoms with Crippen molar-refractivity contribution >= 4 is 38.6 Å². The Morgan fingerprint density at radius 1 is 1.78 bits per heavy atom. The molecule has 0 saturated heterocycles. The fourth-order valence-electron chi connectivity index (χ4n) is 0.450. The maximum Gasteiger partial charge on any atom is 0.264 e. The molecule has 1 aliphatic rings. The number of amides is 1. The first-order valence-corrected chi connectivity index (χ1v) is 3.60. The summed E-state index contributed by atoms with van der Waals surface area (Å²) < 4.78 is 0.